The first-order chi connectivity index (χ1) is 13.5. The lowest BCUT2D eigenvalue weighted by atomic mass is 10.0. The fourth-order valence-electron chi connectivity index (χ4n) is 2.83. The number of aryl methyl sites for hydroxylation is 2. The summed E-state index contributed by atoms with van der Waals surface area (Å²) in [6.45, 7) is 8.17. The first kappa shape index (κ1) is 19.9. The molecule has 6 heteroatoms. The zero-order valence-corrected chi connectivity index (χ0v) is 17.6. The number of hydrogen-bond acceptors (Lipinski definition) is 6. The van der Waals surface area contributed by atoms with Gasteiger partial charge in [-0.3, -0.25) is 5.43 Å². The summed E-state index contributed by atoms with van der Waals surface area (Å²) in [5, 5.41) is 7.08. The molecule has 0 atom stereocenters. The molecule has 0 fully saturated rings. The Morgan fingerprint density at radius 2 is 1.93 bits per heavy atom. The van der Waals surface area contributed by atoms with E-state index in [-0.39, 0.29) is 6.10 Å². The molecule has 0 aliphatic rings. The quantitative estimate of drug-likeness (QED) is 0.414. The van der Waals surface area contributed by atoms with E-state index in [1.54, 1.807) is 13.3 Å². The zero-order valence-electron chi connectivity index (χ0n) is 16.8. The molecule has 0 bridgehead atoms. The van der Waals surface area contributed by atoms with Gasteiger partial charge in [0.05, 0.1) is 25.1 Å². The molecule has 0 unspecified atom stereocenters. The summed E-state index contributed by atoms with van der Waals surface area (Å²) in [4.78, 5) is 4.63. The maximum absolute atomic E-state index is 5.73. The fourth-order valence-corrected chi connectivity index (χ4v) is 3.49. The Balaban J connectivity index is 1.69. The number of ether oxygens (including phenoxy) is 2. The van der Waals surface area contributed by atoms with Gasteiger partial charge >= 0.3 is 0 Å². The molecule has 0 amide bonds. The third-order valence-corrected chi connectivity index (χ3v) is 4.83. The van der Waals surface area contributed by atoms with Gasteiger partial charge in [-0.1, -0.05) is 23.8 Å². The van der Waals surface area contributed by atoms with Gasteiger partial charge < -0.3 is 9.47 Å². The van der Waals surface area contributed by atoms with Crippen molar-refractivity contribution in [3.63, 3.8) is 0 Å². The van der Waals surface area contributed by atoms with Crippen LogP contribution in [-0.4, -0.2) is 24.4 Å². The standard InChI is InChI=1S/C22H25N3O2S/c1-14(2)27-20-9-7-17(11-21(20)26-5)12-23-25-22-24-19(13-28-22)18-8-6-15(3)10-16(18)4/h6-14H,1-5H3,(H,24,25)/b23-12-. The van der Waals surface area contributed by atoms with Crippen LogP contribution in [0.4, 0.5) is 5.13 Å². The minimum Gasteiger partial charge on any atom is -0.493 e. The summed E-state index contributed by atoms with van der Waals surface area (Å²) >= 11 is 1.53. The van der Waals surface area contributed by atoms with Gasteiger partial charge in [-0.25, -0.2) is 4.98 Å². The molecule has 2 aromatic carbocycles. The number of benzene rings is 2. The van der Waals surface area contributed by atoms with Crippen LogP contribution in [0.15, 0.2) is 46.9 Å². The molecule has 0 aliphatic heterocycles. The third kappa shape index (κ3) is 4.89. The fraction of sp³-hybridized carbons (Fsp3) is 0.273. The summed E-state index contributed by atoms with van der Waals surface area (Å²) in [7, 11) is 1.63. The van der Waals surface area contributed by atoms with Gasteiger partial charge in [0.15, 0.2) is 11.5 Å². The van der Waals surface area contributed by atoms with Crippen LogP contribution in [-0.2, 0) is 0 Å². The average molecular weight is 396 g/mol. The summed E-state index contributed by atoms with van der Waals surface area (Å²) in [5.74, 6) is 1.41. The van der Waals surface area contributed by atoms with E-state index in [0.717, 1.165) is 27.7 Å². The van der Waals surface area contributed by atoms with E-state index in [9.17, 15) is 0 Å². The minimum atomic E-state index is 0.0892. The van der Waals surface area contributed by atoms with Crippen molar-refractivity contribution in [2.45, 2.75) is 33.8 Å². The minimum absolute atomic E-state index is 0.0892. The predicted octanol–water partition coefficient (Wildman–Crippen LogP) is 5.67. The van der Waals surface area contributed by atoms with Gasteiger partial charge in [0.1, 0.15) is 0 Å². The van der Waals surface area contributed by atoms with E-state index < -0.39 is 0 Å². The van der Waals surface area contributed by atoms with Crippen molar-refractivity contribution in [2.24, 2.45) is 5.10 Å². The predicted molar refractivity (Wildman–Crippen MR) is 117 cm³/mol. The number of rotatable bonds is 7. The molecule has 0 saturated heterocycles. The van der Waals surface area contributed by atoms with Crippen molar-refractivity contribution < 1.29 is 9.47 Å². The van der Waals surface area contributed by atoms with E-state index in [1.807, 2.05) is 37.4 Å². The highest BCUT2D eigenvalue weighted by atomic mass is 32.1. The number of aromatic nitrogens is 1. The lowest BCUT2D eigenvalue weighted by Gasteiger charge is -2.13. The first-order valence-electron chi connectivity index (χ1n) is 9.13. The van der Waals surface area contributed by atoms with E-state index in [2.05, 4.69) is 47.6 Å². The molecular weight excluding hydrogens is 370 g/mol. The van der Waals surface area contributed by atoms with Crippen LogP contribution >= 0.6 is 11.3 Å². The van der Waals surface area contributed by atoms with E-state index >= 15 is 0 Å². The number of hydrazone groups is 1. The lowest BCUT2D eigenvalue weighted by Crippen LogP contribution is -2.06. The molecule has 146 valence electrons. The topological polar surface area (TPSA) is 55.7 Å². The van der Waals surface area contributed by atoms with E-state index in [4.69, 9.17) is 9.47 Å². The van der Waals surface area contributed by atoms with Crippen LogP contribution in [0.2, 0.25) is 0 Å². The molecule has 28 heavy (non-hydrogen) atoms. The highest BCUT2D eigenvalue weighted by Crippen LogP contribution is 2.29. The van der Waals surface area contributed by atoms with Crippen molar-refractivity contribution in [3.8, 4) is 22.8 Å². The van der Waals surface area contributed by atoms with Crippen molar-refractivity contribution in [1.29, 1.82) is 0 Å². The summed E-state index contributed by atoms with van der Waals surface area (Å²) in [5.41, 5.74) is 8.48. The number of nitrogens with zero attached hydrogens (tertiary/aromatic N) is 2. The molecule has 0 saturated carbocycles. The number of thiazole rings is 1. The van der Waals surface area contributed by atoms with E-state index in [1.165, 1.54) is 22.5 Å². The molecule has 0 spiro atoms. The van der Waals surface area contributed by atoms with Crippen LogP contribution < -0.4 is 14.9 Å². The summed E-state index contributed by atoms with van der Waals surface area (Å²) in [6.07, 6.45) is 1.83. The maximum atomic E-state index is 5.73. The van der Waals surface area contributed by atoms with Crippen LogP contribution in [0.5, 0.6) is 11.5 Å². The van der Waals surface area contributed by atoms with Gasteiger partial charge in [-0.05, 0) is 57.0 Å². The second-order valence-corrected chi connectivity index (χ2v) is 7.66. The van der Waals surface area contributed by atoms with Gasteiger partial charge in [-0.2, -0.15) is 5.10 Å². The number of methoxy groups -OCH3 is 1. The maximum Gasteiger partial charge on any atom is 0.203 e. The highest BCUT2D eigenvalue weighted by Gasteiger charge is 2.08. The van der Waals surface area contributed by atoms with Gasteiger partial charge in [-0.15, -0.1) is 11.3 Å². The van der Waals surface area contributed by atoms with E-state index in [0.29, 0.717) is 5.75 Å². The SMILES string of the molecule is COc1cc(/C=N\Nc2nc(-c3ccc(C)cc3C)cs2)ccc1OC(C)C. The molecular formula is C22H25N3O2S. The molecule has 0 aliphatic carbocycles. The molecule has 3 aromatic rings. The molecule has 1 heterocycles. The second-order valence-electron chi connectivity index (χ2n) is 6.80. The number of anilines is 1. The molecule has 1 aromatic heterocycles. The lowest BCUT2D eigenvalue weighted by molar-refractivity contribution is 0.230. The molecule has 5 nitrogen and oxygen atoms in total. The Labute approximate surface area is 170 Å². The Kier molecular flexibility index (Phi) is 6.31. The second kappa shape index (κ2) is 8.89. The van der Waals surface area contributed by atoms with Gasteiger partial charge in [0.2, 0.25) is 5.13 Å². The van der Waals surface area contributed by atoms with Crippen molar-refractivity contribution in [3.05, 3.63) is 58.5 Å². The largest absolute Gasteiger partial charge is 0.493 e. The van der Waals surface area contributed by atoms with Crippen molar-refractivity contribution in [1.82, 2.24) is 4.98 Å². The Morgan fingerprint density at radius 3 is 2.64 bits per heavy atom. The summed E-state index contributed by atoms with van der Waals surface area (Å²) < 4.78 is 11.1. The summed E-state index contributed by atoms with van der Waals surface area (Å²) in [6, 6.07) is 12.1. The number of nitrogens with one attached hydrogen (secondary N) is 1. The Bertz CT molecular complexity index is 980. The Morgan fingerprint density at radius 1 is 1.11 bits per heavy atom. The van der Waals surface area contributed by atoms with Crippen LogP contribution in [0, 0.1) is 13.8 Å². The van der Waals surface area contributed by atoms with Crippen LogP contribution in [0.3, 0.4) is 0 Å². The third-order valence-electron chi connectivity index (χ3n) is 4.09. The van der Waals surface area contributed by atoms with Crippen LogP contribution in [0.25, 0.3) is 11.3 Å². The van der Waals surface area contributed by atoms with Crippen LogP contribution in [0.1, 0.15) is 30.5 Å². The van der Waals surface area contributed by atoms with Gasteiger partial charge in [0.25, 0.3) is 0 Å². The Hall–Kier alpha value is -2.86. The molecule has 0 radical (unpaired) electrons. The monoisotopic (exact) mass is 395 g/mol. The first-order valence-corrected chi connectivity index (χ1v) is 10.0. The average Bonchev–Trinajstić information content (AvgIpc) is 3.11. The normalized spacial score (nSPS) is 11.2. The molecule has 3 rings (SSSR count). The smallest absolute Gasteiger partial charge is 0.203 e. The van der Waals surface area contributed by atoms with Crippen molar-refractivity contribution in [2.75, 3.05) is 12.5 Å². The highest BCUT2D eigenvalue weighted by molar-refractivity contribution is 7.14. The zero-order chi connectivity index (χ0) is 20.1. The van der Waals surface area contributed by atoms with Crippen molar-refractivity contribution >= 4 is 22.7 Å². The molecule has 1 N–H and O–H groups in total. The number of hydrogen-bond donors (Lipinski definition) is 1. The van der Waals surface area contributed by atoms with Gasteiger partial charge in [0, 0.05) is 10.9 Å².